The Morgan fingerprint density at radius 1 is 0.882 bits per heavy atom. The van der Waals surface area contributed by atoms with Crippen molar-refractivity contribution in [3.8, 4) is 17.2 Å². The third kappa shape index (κ3) is 6.38. The Bertz CT molecular complexity index is 1140. The highest BCUT2D eigenvalue weighted by molar-refractivity contribution is 6.24. The molecule has 0 heterocycles. The van der Waals surface area contributed by atoms with E-state index < -0.39 is 11.8 Å². The van der Waals surface area contributed by atoms with Crippen molar-refractivity contribution in [1.82, 2.24) is 0 Å². The summed E-state index contributed by atoms with van der Waals surface area (Å²) in [4.78, 5) is 25.7. The van der Waals surface area contributed by atoms with E-state index in [1.807, 2.05) is 30.3 Å². The third-order valence-electron chi connectivity index (χ3n) is 4.88. The highest BCUT2D eigenvalue weighted by Gasteiger charge is 2.22. The van der Waals surface area contributed by atoms with Crippen molar-refractivity contribution in [1.29, 1.82) is 0 Å². The first kappa shape index (κ1) is 24.4. The molecular weight excluding hydrogens is 434 g/mol. The number of benzene rings is 3. The SMILES string of the molecule is CCOC(=O)/C(=C\Nc1ccc(OC)cc1)C(=O)c1ccc(OCc2ccccc2)c(OC)c1. The summed E-state index contributed by atoms with van der Waals surface area (Å²) in [5, 5.41) is 2.97. The van der Waals surface area contributed by atoms with Crippen LogP contribution in [0.5, 0.6) is 17.2 Å². The van der Waals surface area contributed by atoms with Gasteiger partial charge in [-0.05, 0) is 55.0 Å². The lowest BCUT2D eigenvalue weighted by Gasteiger charge is -2.13. The standard InChI is InChI=1S/C27H27NO6/c1-4-33-27(30)23(17-28-21-11-13-22(31-2)14-12-21)26(29)20-10-15-24(25(16-20)32-3)34-18-19-8-6-5-7-9-19/h5-17,28H,4,18H2,1-3H3/b23-17-. The number of methoxy groups -OCH3 is 2. The molecule has 3 aromatic rings. The van der Waals surface area contributed by atoms with Crippen molar-refractivity contribution in [2.24, 2.45) is 0 Å². The summed E-state index contributed by atoms with van der Waals surface area (Å²) in [7, 11) is 3.07. The number of rotatable bonds is 11. The van der Waals surface area contributed by atoms with Crippen LogP contribution in [0.15, 0.2) is 84.6 Å². The molecule has 0 aromatic heterocycles. The van der Waals surface area contributed by atoms with Gasteiger partial charge in [-0.3, -0.25) is 4.79 Å². The molecule has 176 valence electrons. The van der Waals surface area contributed by atoms with Crippen molar-refractivity contribution in [2.75, 3.05) is 26.1 Å². The quantitative estimate of drug-likeness (QED) is 0.141. The molecule has 0 saturated heterocycles. The highest BCUT2D eigenvalue weighted by Crippen LogP contribution is 2.30. The molecule has 0 spiro atoms. The summed E-state index contributed by atoms with van der Waals surface area (Å²) in [5.41, 5.74) is 1.80. The van der Waals surface area contributed by atoms with E-state index in [1.54, 1.807) is 56.5 Å². The van der Waals surface area contributed by atoms with Crippen molar-refractivity contribution >= 4 is 17.4 Å². The number of carbonyl (C=O) groups is 2. The van der Waals surface area contributed by atoms with Gasteiger partial charge < -0.3 is 24.3 Å². The number of nitrogens with one attached hydrogen (secondary N) is 1. The molecule has 7 heteroatoms. The molecule has 0 radical (unpaired) electrons. The molecule has 0 amide bonds. The van der Waals surface area contributed by atoms with E-state index in [4.69, 9.17) is 18.9 Å². The zero-order valence-electron chi connectivity index (χ0n) is 19.4. The second-order valence-corrected chi connectivity index (χ2v) is 7.12. The topological polar surface area (TPSA) is 83.1 Å². The average molecular weight is 462 g/mol. The summed E-state index contributed by atoms with van der Waals surface area (Å²) in [6.07, 6.45) is 1.34. The van der Waals surface area contributed by atoms with Gasteiger partial charge in [0.15, 0.2) is 11.5 Å². The highest BCUT2D eigenvalue weighted by atomic mass is 16.5. The van der Waals surface area contributed by atoms with Crippen LogP contribution in [0.2, 0.25) is 0 Å². The Hall–Kier alpha value is -4.26. The summed E-state index contributed by atoms with van der Waals surface area (Å²) in [6.45, 7) is 2.17. The molecular formula is C27H27NO6. The second-order valence-electron chi connectivity index (χ2n) is 7.12. The predicted octanol–water partition coefficient (Wildman–Crippen LogP) is 5.02. The van der Waals surface area contributed by atoms with Crippen molar-refractivity contribution in [3.05, 3.63) is 95.7 Å². The first-order chi connectivity index (χ1) is 16.5. The number of hydrogen-bond acceptors (Lipinski definition) is 7. The fourth-order valence-electron chi connectivity index (χ4n) is 3.09. The van der Waals surface area contributed by atoms with Crippen LogP contribution in [0.4, 0.5) is 5.69 Å². The molecule has 0 bridgehead atoms. The van der Waals surface area contributed by atoms with Gasteiger partial charge in [0.05, 0.1) is 20.8 Å². The Kier molecular flexibility index (Phi) is 8.68. The maximum atomic E-state index is 13.2. The predicted molar refractivity (Wildman–Crippen MR) is 129 cm³/mol. The Morgan fingerprint density at radius 3 is 2.26 bits per heavy atom. The molecule has 0 aliphatic carbocycles. The van der Waals surface area contributed by atoms with Crippen molar-refractivity contribution in [3.63, 3.8) is 0 Å². The molecule has 0 aliphatic rings. The number of carbonyl (C=O) groups excluding carboxylic acids is 2. The van der Waals surface area contributed by atoms with Gasteiger partial charge in [-0.15, -0.1) is 0 Å². The van der Waals surface area contributed by atoms with Gasteiger partial charge in [-0.25, -0.2) is 4.79 Å². The van der Waals surface area contributed by atoms with Gasteiger partial charge in [0.25, 0.3) is 0 Å². The molecule has 3 rings (SSSR count). The zero-order valence-corrected chi connectivity index (χ0v) is 19.4. The maximum absolute atomic E-state index is 13.2. The van der Waals surface area contributed by atoms with Crippen LogP contribution < -0.4 is 19.5 Å². The Labute approximate surface area is 198 Å². The Balaban J connectivity index is 1.82. The van der Waals surface area contributed by atoms with Gasteiger partial charge in [0.1, 0.15) is 17.9 Å². The third-order valence-corrected chi connectivity index (χ3v) is 4.88. The molecule has 0 fully saturated rings. The van der Waals surface area contributed by atoms with Crippen LogP contribution in [0.3, 0.4) is 0 Å². The summed E-state index contributed by atoms with van der Waals surface area (Å²) in [5.74, 6) is 0.330. The molecule has 0 saturated carbocycles. The number of anilines is 1. The van der Waals surface area contributed by atoms with Crippen LogP contribution in [-0.4, -0.2) is 32.6 Å². The monoisotopic (exact) mass is 461 g/mol. The summed E-state index contributed by atoms with van der Waals surface area (Å²) in [6, 6.07) is 21.6. The normalized spacial score (nSPS) is 10.9. The first-order valence-corrected chi connectivity index (χ1v) is 10.7. The minimum atomic E-state index is -0.725. The summed E-state index contributed by atoms with van der Waals surface area (Å²) < 4.78 is 21.5. The average Bonchev–Trinajstić information content (AvgIpc) is 2.88. The molecule has 1 N–H and O–H groups in total. The lowest BCUT2D eigenvalue weighted by Crippen LogP contribution is -2.17. The van der Waals surface area contributed by atoms with Gasteiger partial charge in [0, 0.05) is 17.5 Å². The van der Waals surface area contributed by atoms with E-state index in [1.165, 1.54) is 13.3 Å². The number of Topliss-reactive ketones (excluding diaryl/α,β-unsaturated/α-hetero) is 1. The molecule has 0 atom stereocenters. The number of ether oxygens (including phenoxy) is 4. The van der Waals surface area contributed by atoms with Crippen LogP contribution in [-0.2, 0) is 16.1 Å². The minimum absolute atomic E-state index is 0.140. The van der Waals surface area contributed by atoms with Crippen LogP contribution in [0.1, 0.15) is 22.8 Å². The fraction of sp³-hybridized carbons (Fsp3) is 0.185. The largest absolute Gasteiger partial charge is 0.497 e. The molecule has 0 unspecified atom stereocenters. The lowest BCUT2D eigenvalue weighted by atomic mass is 10.0. The maximum Gasteiger partial charge on any atom is 0.343 e. The first-order valence-electron chi connectivity index (χ1n) is 10.7. The fourth-order valence-corrected chi connectivity index (χ4v) is 3.09. The van der Waals surface area contributed by atoms with E-state index in [-0.39, 0.29) is 17.7 Å². The van der Waals surface area contributed by atoms with Crippen LogP contribution >= 0.6 is 0 Å². The van der Waals surface area contributed by atoms with E-state index in [0.29, 0.717) is 29.5 Å². The lowest BCUT2D eigenvalue weighted by molar-refractivity contribution is -0.138. The van der Waals surface area contributed by atoms with Crippen molar-refractivity contribution < 1.29 is 28.5 Å². The van der Waals surface area contributed by atoms with Crippen molar-refractivity contribution in [2.45, 2.75) is 13.5 Å². The van der Waals surface area contributed by atoms with Gasteiger partial charge in [-0.2, -0.15) is 0 Å². The minimum Gasteiger partial charge on any atom is -0.497 e. The van der Waals surface area contributed by atoms with Gasteiger partial charge in [0.2, 0.25) is 5.78 Å². The van der Waals surface area contributed by atoms with Gasteiger partial charge >= 0.3 is 5.97 Å². The number of ketones is 1. The van der Waals surface area contributed by atoms with Crippen LogP contribution in [0, 0.1) is 0 Å². The zero-order chi connectivity index (χ0) is 24.3. The van der Waals surface area contributed by atoms with E-state index in [9.17, 15) is 9.59 Å². The van der Waals surface area contributed by atoms with Crippen LogP contribution in [0.25, 0.3) is 0 Å². The van der Waals surface area contributed by atoms with E-state index >= 15 is 0 Å². The summed E-state index contributed by atoms with van der Waals surface area (Å²) >= 11 is 0. The molecule has 34 heavy (non-hydrogen) atoms. The second kappa shape index (κ2) is 12.1. The van der Waals surface area contributed by atoms with E-state index in [2.05, 4.69) is 5.32 Å². The molecule has 7 nitrogen and oxygen atoms in total. The molecule has 0 aliphatic heterocycles. The Morgan fingerprint density at radius 2 is 1.62 bits per heavy atom. The van der Waals surface area contributed by atoms with Gasteiger partial charge in [-0.1, -0.05) is 30.3 Å². The smallest absolute Gasteiger partial charge is 0.343 e. The number of esters is 1. The van der Waals surface area contributed by atoms with E-state index in [0.717, 1.165) is 5.56 Å². The number of hydrogen-bond donors (Lipinski definition) is 1. The molecule has 3 aromatic carbocycles.